The van der Waals surface area contributed by atoms with Crippen molar-refractivity contribution < 1.29 is 23.8 Å². The highest BCUT2D eigenvalue weighted by atomic mass is 19.1. The molecular weight excluding hydrogens is 571 g/mol. The number of anilines is 1. The number of nitrogens with one attached hydrogen (secondary N) is 2. The Morgan fingerprint density at radius 3 is 2.78 bits per heavy atom. The number of para-hydroxylation sites is 1. The molecule has 2 heterocycles. The van der Waals surface area contributed by atoms with Crippen molar-refractivity contribution in [2.45, 2.75) is 63.0 Å². The summed E-state index contributed by atoms with van der Waals surface area (Å²) in [5.74, 6) is -0.769. The topological polar surface area (TPSA) is 117 Å². The molecule has 1 unspecified atom stereocenters. The maximum absolute atomic E-state index is 15.7. The summed E-state index contributed by atoms with van der Waals surface area (Å²) in [5.41, 5.74) is 9.96. The number of alkyl carbamates (subject to hydrolysis) is 1. The zero-order valence-electron chi connectivity index (χ0n) is 26.2. The van der Waals surface area contributed by atoms with E-state index in [0.29, 0.717) is 55.5 Å². The van der Waals surface area contributed by atoms with Crippen molar-refractivity contribution in [3.05, 3.63) is 89.2 Å². The molecule has 0 aliphatic carbocycles. The van der Waals surface area contributed by atoms with E-state index in [9.17, 15) is 14.7 Å². The van der Waals surface area contributed by atoms with Crippen LogP contribution in [0, 0.1) is 11.7 Å². The zero-order valence-corrected chi connectivity index (χ0v) is 26.2. The summed E-state index contributed by atoms with van der Waals surface area (Å²) in [6, 6.07) is 20.0. The first-order valence-corrected chi connectivity index (χ1v) is 16.0. The number of amides is 2. The smallest absolute Gasteiger partial charge is 0.406 e. The van der Waals surface area contributed by atoms with Crippen molar-refractivity contribution in [3.63, 3.8) is 0 Å². The molecule has 2 amide bonds. The van der Waals surface area contributed by atoms with E-state index in [-0.39, 0.29) is 30.7 Å². The number of fused-ring (bicyclic) bond motifs is 1. The highest BCUT2D eigenvalue weighted by Gasteiger charge is 2.43. The molecule has 2 aliphatic heterocycles. The molecule has 0 aromatic heterocycles. The average Bonchev–Trinajstić information content (AvgIpc) is 3.48. The Kier molecular flexibility index (Phi) is 10.4. The van der Waals surface area contributed by atoms with Gasteiger partial charge in [-0.15, -0.1) is 0 Å². The first-order chi connectivity index (χ1) is 21.7. The molecule has 0 radical (unpaired) electrons. The Hall–Kier alpha value is -3.95. The van der Waals surface area contributed by atoms with Crippen molar-refractivity contribution >= 4 is 17.7 Å². The molecule has 3 aromatic rings. The number of halogens is 1. The van der Waals surface area contributed by atoms with Crippen molar-refractivity contribution in [2.75, 3.05) is 38.6 Å². The first-order valence-electron chi connectivity index (χ1n) is 16.0. The van der Waals surface area contributed by atoms with E-state index < -0.39 is 23.6 Å². The summed E-state index contributed by atoms with van der Waals surface area (Å²) >= 11 is 0. The summed E-state index contributed by atoms with van der Waals surface area (Å²) < 4.78 is 20.5. The molecule has 5 N–H and O–H groups in total. The van der Waals surface area contributed by atoms with Gasteiger partial charge in [-0.25, -0.2) is 9.18 Å². The number of piperidine rings is 1. The summed E-state index contributed by atoms with van der Waals surface area (Å²) in [4.78, 5) is 27.3. The molecule has 1 fully saturated rings. The van der Waals surface area contributed by atoms with Gasteiger partial charge in [0.05, 0.1) is 18.8 Å². The normalized spacial score (nSPS) is 19.6. The number of rotatable bonds is 11. The highest BCUT2D eigenvalue weighted by Crippen LogP contribution is 2.44. The van der Waals surface area contributed by atoms with Crippen LogP contribution in [0.1, 0.15) is 61.6 Å². The molecular formula is C36H45FN4O4. The third kappa shape index (κ3) is 7.15. The van der Waals surface area contributed by atoms with Crippen molar-refractivity contribution in [1.82, 2.24) is 10.2 Å². The Bertz CT molecular complexity index is 1500. The van der Waals surface area contributed by atoms with Crippen LogP contribution in [0.4, 0.5) is 14.9 Å². The number of aliphatic hydroxyl groups is 1. The minimum Gasteiger partial charge on any atom is -0.453 e. The predicted molar refractivity (Wildman–Crippen MR) is 174 cm³/mol. The molecule has 2 aliphatic rings. The first kappa shape index (κ1) is 32.4. The van der Waals surface area contributed by atoms with Crippen LogP contribution in [-0.4, -0.2) is 61.3 Å². The Morgan fingerprint density at radius 2 is 1.98 bits per heavy atom. The number of methoxy groups -OCH3 is 1. The lowest BCUT2D eigenvalue weighted by Gasteiger charge is -2.44. The number of nitrogens with two attached hydrogens (primary N) is 1. The van der Waals surface area contributed by atoms with E-state index in [1.54, 1.807) is 17.0 Å². The molecule has 5 rings (SSSR count). The molecule has 8 nitrogen and oxygen atoms in total. The van der Waals surface area contributed by atoms with E-state index in [1.165, 1.54) is 18.7 Å². The number of carbonyl (C=O) groups is 2. The second kappa shape index (κ2) is 14.4. The molecule has 0 spiro atoms. The molecule has 1 saturated heterocycles. The average molecular weight is 617 g/mol. The van der Waals surface area contributed by atoms with Crippen LogP contribution < -0.4 is 16.4 Å². The fourth-order valence-electron chi connectivity index (χ4n) is 7.08. The van der Waals surface area contributed by atoms with E-state index in [2.05, 4.69) is 16.7 Å². The maximum Gasteiger partial charge on any atom is 0.406 e. The van der Waals surface area contributed by atoms with Gasteiger partial charge < -0.3 is 31.1 Å². The lowest BCUT2D eigenvalue weighted by Crippen LogP contribution is -2.52. The zero-order chi connectivity index (χ0) is 32.0. The van der Waals surface area contributed by atoms with Crippen molar-refractivity contribution in [2.24, 2.45) is 11.7 Å². The summed E-state index contributed by atoms with van der Waals surface area (Å²) in [5, 5.41) is 18.8. The van der Waals surface area contributed by atoms with Gasteiger partial charge in [-0.2, -0.15) is 0 Å². The lowest BCUT2D eigenvalue weighted by atomic mass is 9.72. The van der Waals surface area contributed by atoms with Crippen LogP contribution in [-0.2, 0) is 21.6 Å². The third-order valence-corrected chi connectivity index (χ3v) is 9.50. The van der Waals surface area contributed by atoms with Gasteiger partial charge in [-0.05, 0) is 72.9 Å². The Labute approximate surface area is 265 Å². The minimum atomic E-state index is -1.48. The fourth-order valence-corrected chi connectivity index (χ4v) is 7.08. The molecule has 3 aromatic carbocycles. The van der Waals surface area contributed by atoms with Crippen LogP contribution >= 0.6 is 0 Å². The number of hydrogen-bond acceptors (Lipinski definition) is 6. The van der Waals surface area contributed by atoms with Crippen molar-refractivity contribution in [1.29, 1.82) is 0 Å². The van der Waals surface area contributed by atoms with Gasteiger partial charge >= 0.3 is 6.09 Å². The second-order valence-electron chi connectivity index (χ2n) is 12.3. The lowest BCUT2D eigenvalue weighted by molar-refractivity contribution is -0.138. The van der Waals surface area contributed by atoms with E-state index in [0.717, 1.165) is 24.2 Å². The molecule has 0 bridgehead atoms. The van der Waals surface area contributed by atoms with Crippen LogP contribution in [0.2, 0.25) is 0 Å². The van der Waals surface area contributed by atoms with Crippen LogP contribution in [0.25, 0.3) is 11.1 Å². The Morgan fingerprint density at radius 1 is 1.18 bits per heavy atom. The number of nitrogens with zero attached hydrogens (tertiary/aromatic N) is 1. The number of hydrogen-bond donors (Lipinski definition) is 4. The van der Waals surface area contributed by atoms with Gasteiger partial charge in [0.15, 0.2) is 0 Å². The standard InChI is InChI=1S/C36H45FN4O4/c1-3-24-10-6-11-25(20-24)33-29(14-7-15-30(33)37)36(44,17-9-18-39-35(43)45-2)27-12-8-19-41(23-27)34(42)31(38)21-26-22-40-32-16-5-4-13-28(26)32/h4-7,10-11,13-16,20,26-27,31,40,44H,3,8-9,12,17-19,21-23,38H2,1-2H3,(H,39,43)/t26?,27-,31-,36+/m1/s1. The van der Waals surface area contributed by atoms with Gasteiger partial charge in [0.25, 0.3) is 0 Å². The molecule has 240 valence electrons. The summed E-state index contributed by atoms with van der Waals surface area (Å²) in [6.07, 6.45) is 2.79. The summed E-state index contributed by atoms with van der Waals surface area (Å²) in [6.45, 7) is 3.92. The van der Waals surface area contributed by atoms with Gasteiger partial charge in [0.2, 0.25) is 5.91 Å². The van der Waals surface area contributed by atoms with Crippen molar-refractivity contribution in [3.8, 4) is 11.1 Å². The number of aryl methyl sites for hydroxylation is 1. The predicted octanol–water partition coefficient (Wildman–Crippen LogP) is 5.54. The molecule has 4 atom stereocenters. The molecule has 45 heavy (non-hydrogen) atoms. The van der Waals surface area contributed by atoms with Crippen LogP contribution in [0.3, 0.4) is 0 Å². The van der Waals surface area contributed by atoms with Crippen LogP contribution in [0.15, 0.2) is 66.7 Å². The van der Waals surface area contributed by atoms with Gasteiger partial charge in [0.1, 0.15) is 5.82 Å². The number of likely N-dealkylation sites (tertiary alicyclic amines) is 1. The van der Waals surface area contributed by atoms with Crippen LogP contribution in [0.5, 0.6) is 0 Å². The van der Waals surface area contributed by atoms with E-state index in [4.69, 9.17) is 10.5 Å². The quantitative estimate of drug-likeness (QED) is 0.210. The maximum atomic E-state index is 15.7. The fraction of sp³-hybridized carbons (Fsp3) is 0.444. The van der Waals surface area contributed by atoms with Gasteiger partial charge in [-0.1, -0.05) is 61.5 Å². The Balaban J connectivity index is 1.41. The minimum absolute atomic E-state index is 0.131. The number of ether oxygens (including phenoxy) is 1. The van der Waals surface area contributed by atoms with Gasteiger partial charge in [0, 0.05) is 49.3 Å². The largest absolute Gasteiger partial charge is 0.453 e. The molecule has 9 heteroatoms. The molecule has 0 saturated carbocycles. The SMILES string of the molecule is CCc1cccc(-c2c(F)cccc2[C@](O)(CCCNC(=O)OC)[C@@H]2CCCN(C(=O)[C@H](N)CC3CNc4ccccc43)C2)c1. The highest BCUT2D eigenvalue weighted by molar-refractivity contribution is 5.82. The number of benzene rings is 3. The summed E-state index contributed by atoms with van der Waals surface area (Å²) in [7, 11) is 1.30. The monoisotopic (exact) mass is 616 g/mol. The van der Waals surface area contributed by atoms with E-state index >= 15 is 4.39 Å². The third-order valence-electron chi connectivity index (χ3n) is 9.50. The number of carbonyl (C=O) groups excluding carboxylic acids is 2. The van der Waals surface area contributed by atoms with E-state index in [1.807, 2.05) is 49.4 Å². The second-order valence-corrected chi connectivity index (χ2v) is 12.3. The van der Waals surface area contributed by atoms with Gasteiger partial charge in [-0.3, -0.25) is 4.79 Å².